The van der Waals surface area contributed by atoms with Crippen molar-refractivity contribution in [2.45, 2.75) is 45.1 Å². The molecule has 30 heavy (non-hydrogen) atoms. The molecule has 2 aromatic heterocycles. The van der Waals surface area contributed by atoms with Gasteiger partial charge in [0, 0.05) is 41.1 Å². The molecule has 5 nitrogen and oxygen atoms in total. The van der Waals surface area contributed by atoms with E-state index in [2.05, 4.69) is 27.9 Å². The van der Waals surface area contributed by atoms with Crippen molar-refractivity contribution in [1.29, 1.82) is 0 Å². The van der Waals surface area contributed by atoms with Crippen LogP contribution in [0.3, 0.4) is 0 Å². The third-order valence-corrected chi connectivity index (χ3v) is 7.62. The summed E-state index contributed by atoms with van der Waals surface area (Å²) >= 11 is 3.01. The molecule has 0 spiro atoms. The number of thioether (sulfide) groups is 1. The minimum absolute atomic E-state index is 0.0758. The van der Waals surface area contributed by atoms with Crippen LogP contribution in [0.1, 0.15) is 43.4 Å². The highest BCUT2D eigenvalue weighted by molar-refractivity contribution is 8.18. The Hall–Kier alpha value is -2.38. The summed E-state index contributed by atoms with van der Waals surface area (Å²) in [5, 5.41) is 4.65. The summed E-state index contributed by atoms with van der Waals surface area (Å²) < 4.78 is 2.11. The number of thiazole rings is 1. The molecule has 1 aliphatic carbocycles. The van der Waals surface area contributed by atoms with E-state index >= 15 is 0 Å². The summed E-state index contributed by atoms with van der Waals surface area (Å²) in [6.07, 6.45) is 9.81. The summed E-state index contributed by atoms with van der Waals surface area (Å²) in [5.41, 5.74) is 3.19. The minimum atomic E-state index is 0.0758. The highest BCUT2D eigenvalue weighted by atomic mass is 32.2. The number of aromatic nitrogens is 2. The van der Waals surface area contributed by atoms with Crippen molar-refractivity contribution in [3.63, 3.8) is 0 Å². The highest BCUT2D eigenvalue weighted by Gasteiger charge is 2.39. The molecule has 3 aromatic rings. The van der Waals surface area contributed by atoms with Gasteiger partial charge in [-0.15, -0.1) is 11.3 Å². The van der Waals surface area contributed by atoms with Crippen LogP contribution in [0.25, 0.3) is 17.0 Å². The van der Waals surface area contributed by atoms with E-state index in [4.69, 9.17) is 4.99 Å². The van der Waals surface area contributed by atoms with E-state index in [1.165, 1.54) is 42.4 Å². The molecule has 0 atom stereocenters. The topological polar surface area (TPSA) is 50.5 Å². The van der Waals surface area contributed by atoms with Gasteiger partial charge in [-0.25, -0.2) is 4.98 Å². The SMILES string of the molecule is Cc1csc(/N=C2/S/C(=C\c3cn(C)c4ccccc34)C(=O)N2C2CCCCC2)n1. The Balaban J connectivity index is 1.55. The van der Waals surface area contributed by atoms with Crippen LogP contribution in [-0.4, -0.2) is 31.6 Å². The maximum Gasteiger partial charge on any atom is 0.267 e. The Bertz CT molecular complexity index is 1170. The smallest absolute Gasteiger partial charge is 0.267 e. The average Bonchev–Trinajstić information content (AvgIpc) is 3.40. The fourth-order valence-electron chi connectivity index (χ4n) is 4.33. The highest BCUT2D eigenvalue weighted by Crippen LogP contribution is 2.39. The maximum absolute atomic E-state index is 13.5. The number of nitrogens with zero attached hydrogens (tertiary/aromatic N) is 4. The number of fused-ring (bicyclic) bond motifs is 1. The first-order valence-electron chi connectivity index (χ1n) is 10.4. The normalized spacial score (nSPS) is 20.9. The summed E-state index contributed by atoms with van der Waals surface area (Å²) in [7, 11) is 2.04. The van der Waals surface area contributed by atoms with Crippen LogP contribution in [0.2, 0.25) is 0 Å². The van der Waals surface area contributed by atoms with Crippen molar-refractivity contribution in [2.24, 2.45) is 12.0 Å². The van der Waals surface area contributed by atoms with Crippen LogP contribution in [-0.2, 0) is 11.8 Å². The van der Waals surface area contributed by atoms with Crippen LogP contribution in [0.5, 0.6) is 0 Å². The van der Waals surface area contributed by atoms with E-state index in [1.54, 1.807) is 0 Å². The van der Waals surface area contributed by atoms with Crippen molar-refractivity contribution >= 4 is 56.3 Å². The van der Waals surface area contributed by atoms with Gasteiger partial charge in [-0.1, -0.05) is 37.5 Å². The van der Waals surface area contributed by atoms with Crippen molar-refractivity contribution < 1.29 is 4.79 Å². The molecule has 154 valence electrons. The van der Waals surface area contributed by atoms with Gasteiger partial charge in [-0.2, -0.15) is 4.99 Å². The van der Waals surface area contributed by atoms with Crippen molar-refractivity contribution in [1.82, 2.24) is 14.5 Å². The summed E-state index contributed by atoms with van der Waals surface area (Å²) in [4.78, 5) is 25.5. The molecule has 5 rings (SSSR count). The molecule has 7 heteroatoms. The maximum atomic E-state index is 13.5. The van der Waals surface area contributed by atoms with Crippen LogP contribution in [0.4, 0.5) is 5.13 Å². The number of para-hydroxylation sites is 1. The molecular formula is C23H24N4OS2. The van der Waals surface area contributed by atoms with Crippen LogP contribution in [0, 0.1) is 6.92 Å². The fourth-order valence-corrected chi connectivity index (χ4v) is 6.08. The number of amides is 1. The first kappa shape index (κ1) is 19.6. The zero-order valence-corrected chi connectivity index (χ0v) is 18.8. The molecular weight excluding hydrogens is 412 g/mol. The van der Waals surface area contributed by atoms with Gasteiger partial charge in [-0.05, 0) is 43.7 Å². The molecule has 2 fully saturated rings. The molecule has 1 aliphatic heterocycles. The number of aliphatic imine (C=N–C) groups is 1. The van der Waals surface area contributed by atoms with Crippen LogP contribution < -0.4 is 0 Å². The number of benzene rings is 1. The zero-order valence-electron chi connectivity index (χ0n) is 17.2. The van der Waals surface area contributed by atoms with E-state index in [0.29, 0.717) is 0 Å². The standard InChI is InChI=1S/C23H24N4OS2/c1-15-14-29-22(24-15)25-23-27(17-8-4-3-5-9-17)21(28)20(30-23)12-16-13-26(2)19-11-7-6-10-18(16)19/h6-7,10-14,17H,3-5,8-9H2,1-2H3/b20-12-,25-23+. The Morgan fingerprint density at radius 1 is 1.20 bits per heavy atom. The van der Waals surface area contributed by atoms with Gasteiger partial charge in [-0.3, -0.25) is 9.69 Å². The van der Waals surface area contributed by atoms with E-state index in [9.17, 15) is 4.79 Å². The molecule has 0 radical (unpaired) electrons. The molecule has 1 amide bonds. The molecule has 0 N–H and O–H groups in total. The molecule has 1 aromatic carbocycles. The zero-order chi connectivity index (χ0) is 20.7. The summed E-state index contributed by atoms with van der Waals surface area (Å²) in [5.74, 6) is 0.0758. The van der Waals surface area contributed by atoms with Gasteiger partial charge in [0.05, 0.1) is 10.6 Å². The number of carbonyl (C=O) groups excluding carboxylic acids is 1. The van der Waals surface area contributed by atoms with E-state index in [0.717, 1.165) is 50.2 Å². The molecule has 0 bridgehead atoms. The van der Waals surface area contributed by atoms with Crippen molar-refractivity contribution in [3.05, 3.63) is 52.0 Å². The largest absolute Gasteiger partial charge is 0.350 e. The molecule has 0 unspecified atom stereocenters. The van der Waals surface area contributed by atoms with Crippen molar-refractivity contribution in [3.8, 4) is 0 Å². The quantitative estimate of drug-likeness (QED) is 0.482. The number of aryl methyl sites for hydroxylation is 2. The lowest BCUT2D eigenvalue weighted by molar-refractivity contribution is -0.124. The van der Waals surface area contributed by atoms with E-state index in [-0.39, 0.29) is 11.9 Å². The molecule has 2 aliphatic rings. The summed E-state index contributed by atoms with van der Waals surface area (Å²) in [6.45, 7) is 1.97. The van der Waals surface area contributed by atoms with Gasteiger partial charge < -0.3 is 4.57 Å². The van der Waals surface area contributed by atoms with Crippen LogP contribution >= 0.6 is 23.1 Å². The second kappa shape index (κ2) is 8.04. The number of amidine groups is 1. The van der Waals surface area contributed by atoms with Gasteiger partial charge in [0.25, 0.3) is 5.91 Å². The second-order valence-electron chi connectivity index (χ2n) is 7.96. The number of rotatable bonds is 3. The number of hydrogen-bond acceptors (Lipinski definition) is 5. The van der Waals surface area contributed by atoms with Gasteiger partial charge in [0.15, 0.2) is 5.17 Å². The Morgan fingerprint density at radius 2 is 2.00 bits per heavy atom. The third-order valence-electron chi connectivity index (χ3n) is 5.79. The summed E-state index contributed by atoms with van der Waals surface area (Å²) in [6, 6.07) is 8.53. The monoisotopic (exact) mass is 436 g/mol. The third kappa shape index (κ3) is 3.61. The second-order valence-corrected chi connectivity index (χ2v) is 9.80. The Morgan fingerprint density at radius 3 is 2.77 bits per heavy atom. The molecule has 3 heterocycles. The number of hydrogen-bond donors (Lipinski definition) is 0. The average molecular weight is 437 g/mol. The lowest BCUT2D eigenvalue weighted by Gasteiger charge is -2.30. The molecule has 1 saturated carbocycles. The predicted molar refractivity (Wildman–Crippen MR) is 126 cm³/mol. The fraction of sp³-hybridized carbons (Fsp3) is 0.348. The van der Waals surface area contributed by atoms with Gasteiger partial charge >= 0.3 is 0 Å². The lowest BCUT2D eigenvalue weighted by atomic mass is 9.94. The first-order valence-corrected chi connectivity index (χ1v) is 12.1. The predicted octanol–water partition coefficient (Wildman–Crippen LogP) is 5.88. The van der Waals surface area contributed by atoms with E-state index in [1.807, 2.05) is 42.5 Å². The molecule has 1 saturated heterocycles. The van der Waals surface area contributed by atoms with Crippen molar-refractivity contribution in [2.75, 3.05) is 0 Å². The Kier molecular flexibility index (Phi) is 5.25. The van der Waals surface area contributed by atoms with Gasteiger partial charge in [0.1, 0.15) is 0 Å². The lowest BCUT2D eigenvalue weighted by Crippen LogP contribution is -2.40. The van der Waals surface area contributed by atoms with E-state index < -0.39 is 0 Å². The van der Waals surface area contributed by atoms with Gasteiger partial charge in [0.2, 0.25) is 5.13 Å². The first-order chi connectivity index (χ1) is 14.6. The Labute approximate surface area is 184 Å². The van der Waals surface area contributed by atoms with Crippen LogP contribution in [0.15, 0.2) is 45.7 Å². The number of carbonyl (C=O) groups is 1. The minimum Gasteiger partial charge on any atom is -0.350 e.